The Morgan fingerprint density at radius 1 is 1.16 bits per heavy atom. The number of nitrogens with zero attached hydrogens (tertiary/aromatic N) is 1. The van der Waals surface area contributed by atoms with Crippen molar-refractivity contribution >= 4 is 23.4 Å². The first-order chi connectivity index (χ1) is 15.0. The Kier molecular flexibility index (Phi) is 8.29. The number of benzene rings is 2. The molecule has 2 aromatic rings. The fourth-order valence-electron chi connectivity index (χ4n) is 3.86. The number of amides is 2. The van der Waals surface area contributed by atoms with Gasteiger partial charge in [-0.3, -0.25) is 9.59 Å². The predicted octanol–water partition coefficient (Wildman–Crippen LogP) is 4.72. The van der Waals surface area contributed by atoms with Gasteiger partial charge in [0.15, 0.2) is 18.2 Å². The zero-order chi connectivity index (χ0) is 22.2. The van der Waals surface area contributed by atoms with Crippen molar-refractivity contribution in [2.45, 2.75) is 57.7 Å². The van der Waals surface area contributed by atoms with Crippen LogP contribution in [-0.2, 0) is 16.1 Å². The first kappa shape index (κ1) is 23.1. The number of ether oxygens (including phenoxy) is 1. The maximum absolute atomic E-state index is 13.9. The highest BCUT2D eigenvalue weighted by molar-refractivity contribution is 6.30. The number of hydrogen-bond donors (Lipinski definition) is 1. The van der Waals surface area contributed by atoms with E-state index in [-0.39, 0.29) is 36.8 Å². The van der Waals surface area contributed by atoms with Crippen LogP contribution in [-0.4, -0.2) is 35.4 Å². The molecule has 7 heteroatoms. The Bertz CT molecular complexity index is 885. The Balaban J connectivity index is 1.76. The first-order valence-corrected chi connectivity index (χ1v) is 11.1. The summed E-state index contributed by atoms with van der Waals surface area (Å²) in [5.74, 6) is -1.08. The molecule has 3 rings (SSSR count). The molecule has 0 heterocycles. The lowest BCUT2D eigenvalue weighted by atomic mass is 10.1. The van der Waals surface area contributed by atoms with Crippen molar-refractivity contribution in [1.82, 2.24) is 10.2 Å². The maximum atomic E-state index is 13.9. The zero-order valence-corrected chi connectivity index (χ0v) is 18.4. The van der Waals surface area contributed by atoms with Crippen LogP contribution in [0.4, 0.5) is 4.39 Å². The van der Waals surface area contributed by atoms with E-state index < -0.39 is 11.9 Å². The minimum absolute atomic E-state index is 0.00532. The highest BCUT2D eigenvalue weighted by atomic mass is 35.5. The van der Waals surface area contributed by atoms with Crippen LogP contribution in [0.1, 0.15) is 44.6 Å². The van der Waals surface area contributed by atoms with E-state index in [1.54, 1.807) is 24.3 Å². The van der Waals surface area contributed by atoms with Crippen LogP contribution >= 0.6 is 11.6 Å². The fourth-order valence-corrected chi connectivity index (χ4v) is 3.98. The van der Waals surface area contributed by atoms with Crippen LogP contribution in [0.3, 0.4) is 0 Å². The van der Waals surface area contributed by atoms with Crippen molar-refractivity contribution in [3.63, 3.8) is 0 Å². The van der Waals surface area contributed by atoms with E-state index in [1.807, 2.05) is 19.1 Å². The molecule has 1 aliphatic carbocycles. The maximum Gasteiger partial charge on any atom is 0.261 e. The summed E-state index contributed by atoms with van der Waals surface area (Å²) in [7, 11) is 0. The van der Waals surface area contributed by atoms with Gasteiger partial charge >= 0.3 is 0 Å². The second-order valence-electron chi connectivity index (χ2n) is 7.78. The number of nitrogens with one attached hydrogen (secondary N) is 1. The molecule has 1 N–H and O–H groups in total. The van der Waals surface area contributed by atoms with Crippen molar-refractivity contribution in [3.05, 3.63) is 64.9 Å². The summed E-state index contributed by atoms with van der Waals surface area (Å²) in [5.41, 5.74) is 0.843. The third-order valence-corrected chi connectivity index (χ3v) is 5.79. The molecule has 5 nitrogen and oxygen atoms in total. The molecule has 31 heavy (non-hydrogen) atoms. The molecular formula is C24H28ClFN2O3. The molecule has 0 bridgehead atoms. The van der Waals surface area contributed by atoms with E-state index in [4.69, 9.17) is 16.3 Å². The Labute approximate surface area is 187 Å². The van der Waals surface area contributed by atoms with Crippen LogP contribution in [0.25, 0.3) is 0 Å². The van der Waals surface area contributed by atoms with Crippen molar-refractivity contribution < 1.29 is 18.7 Å². The van der Waals surface area contributed by atoms with Gasteiger partial charge in [0.2, 0.25) is 5.91 Å². The third-order valence-electron chi connectivity index (χ3n) is 5.54. The normalized spacial score (nSPS) is 14.8. The molecule has 0 unspecified atom stereocenters. The molecule has 1 aliphatic rings. The lowest BCUT2D eigenvalue weighted by molar-refractivity contribution is -0.143. The lowest BCUT2D eigenvalue weighted by Gasteiger charge is -2.31. The minimum atomic E-state index is -0.645. The Morgan fingerprint density at radius 3 is 2.48 bits per heavy atom. The average molecular weight is 447 g/mol. The second kappa shape index (κ2) is 11.1. The molecule has 2 amide bonds. The number of halogens is 2. The summed E-state index contributed by atoms with van der Waals surface area (Å²) in [4.78, 5) is 27.6. The van der Waals surface area contributed by atoms with Crippen LogP contribution in [0.2, 0.25) is 5.02 Å². The number of carbonyl (C=O) groups excluding carboxylic acids is 2. The van der Waals surface area contributed by atoms with Crippen molar-refractivity contribution in [2.75, 3.05) is 6.61 Å². The number of para-hydroxylation sites is 1. The van der Waals surface area contributed by atoms with Gasteiger partial charge in [-0.25, -0.2) is 4.39 Å². The van der Waals surface area contributed by atoms with E-state index in [2.05, 4.69) is 5.32 Å². The monoisotopic (exact) mass is 446 g/mol. The Morgan fingerprint density at radius 2 is 1.84 bits per heavy atom. The molecule has 166 valence electrons. The van der Waals surface area contributed by atoms with E-state index in [1.165, 1.54) is 17.0 Å². The van der Waals surface area contributed by atoms with E-state index in [0.717, 1.165) is 31.2 Å². The van der Waals surface area contributed by atoms with Crippen LogP contribution in [0.5, 0.6) is 5.75 Å². The summed E-state index contributed by atoms with van der Waals surface area (Å²) in [6.45, 7) is 1.74. The zero-order valence-electron chi connectivity index (χ0n) is 17.7. The molecule has 0 spiro atoms. The van der Waals surface area contributed by atoms with E-state index in [9.17, 15) is 14.0 Å². The van der Waals surface area contributed by atoms with E-state index in [0.29, 0.717) is 11.4 Å². The highest BCUT2D eigenvalue weighted by Crippen LogP contribution is 2.20. The van der Waals surface area contributed by atoms with Gasteiger partial charge in [0.05, 0.1) is 0 Å². The smallest absolute Gasteiger partial charge is 0.261 e. The molecule has 1 saturated carbocycles. The van der Waals surface area contributed by atoms with Gasteiger partial charge in [-0.1, -0.05) is 55.6 Å². The SMILES string of the molecule is CC[C@@H](C(=O)NC1CCCC1)N(Cc1ccc(Cl)cc1)C(=O)COc1ccccc1F. The quantitative estimate of drug-likeness (QED) is 0.606. The van der Waals surface area contributed by atoms with Gasteiger partial charge in [0.25, 0.3) is 5.91 Å². The molecule has 1 atom stereocenters. The van der Waals surface area contributed by atoms with Crippen LogP contribution < -0.4 is 10.1 Å². The topological polar surface area (TPSA) is 58.6 Å². The molecule has 0 aliphatic heterocycles. The van der Waals surface area contributed by atoms with Gasteiger partial charge in [-0.15, -0.1) is 0 Å². The summed E-state index contributed by atoms with van der Waals surface area (Å²) < 4.78 is 19.3. The largest absolute Gasteiger partial charge is 0.481 e. The molecule has 2 aromatic carbocycles. The van der Waals surface area contributed by atoms with Crippen molar-refractivity contribution in [1.29, 1.82) is 0 Å². The summed E-state index contributed by atoms with van der Waals surface area (Å²) in [6.07, 6.45) is 4.59. The minimum Gasteiger partial charge on any atom is -0.481 e. The van der Waals surface area contributed by atoms with Gasteiger partial charge < -0.3 is 15.0 Å². The van der Waals surface area contributed by atoms with Crippen LogP contribution in [0.15, 0.2) is 48.5 Å². The summed E-state index contributed by atoms with van der Waals surface area (Å²) >= 11 is 5.98. The molecule has 1 fully saturated rings. The van der Waals surface area contributed by atoms with E-state index >= 15 is 0 Å². The highest BCUT2D eigenvalue weighted by Gasteiger charge is 2.31. The third kappa shape index (κ3) is 6.44. The molecule has 0 radical (unpaired) electrons. The Hall–Kier alpha value is -2.60. The predicted molar refractivity (Wildman–Crippen MR) is 118 cm³/mol. The number of carbonyl (C=O) groups is 2. The number of rotatable bonds is 9. The number of hydrogen-bond acceptors (Lipinski definition) is 3. The van der Waals surface area contributed by atoms with Crippen LogP contribution in [0, 0.1) is 5.82 Å². The lowest BCUT2D eigenvalue weighted by Crippen LogP contribution is -2.52. The average Bonchev–Trinajstić information content (AvgIpc) is 3.27. The molecular weight excluding hydrogens is 419 g/mol. The van der Waals surface area contributed by atoms with Gasteiger partial charge in [-0.05, 0) is 49.1 Å². The summed E-state index contributed by atoms with van der Waals surface area (Å²) in [6, 6.07) is 12.6. The molecule has 0 saturated heterocycles. The van der Waals surface area contributed by atoms with Gasteiger partial charge in [0, 0.05) is 17.6 Å². The van der Waals surface area contributed by atoms with Crippen molar-refractivity contribution in [3.8, 4) is 5.75 Å². The second-order valence-corrected chi connectivity index (χ2v) is 8.22. The standard InChI is InChI=1S/C24H28ClFN2O3/c1-2-21(24(30)27-19-7-3-4-8-19)28(15-17-11-13-18(25)14-12-17)23(29)16-31-22-10-6-5-9-20(22)26/h5-6,9-14,19,21H,2-4,7-8,15-16H2,1H3,(H,27,30)/t21-/m0/s1. The van der Waals surface area contributed by atoms with Gasteiger partial charge in [-0.2, -0.15) is 0 Å². The summed E-state index contributed by atoms with van der Waals surface area (Å²) in [5, 5.41) is 3.68. The fraction of sp³-hybridized carbons (Fsp3) is 0.417. The van der Waals surface area contributed by atoms with Gasteiger partial charge in [0.1, 0.15) is 6.04 Å². The molecule has 0 aromatic heterocycles. The first-order valence-electron chi connectivity index (χ1n) is 10.7. The van der Waals surface area contributed by atoms with Crippen molar-refractivity contribution in [2.24, 2.45) is 0 Å².